The lowest BCUT2D eigenvalue weighted by Crippen LogP contribution is -2.29. The Morgan fingerprint density at radius 3 is 2.72 bits per heavy atom. The van der Waals surface area contributed by atoms with Crippen LogP contribution in [0.1, 0.15) is 26.4 Å². The van der Waals surface area contributed by atoms with Gasteiger partial charge in [0.15, 0.2) is 0 Å². The van der Waals surface area contributed by atoms with Crippen LogP contribution in [0.2, 0.25) is 0 Å². The summed E-state index contributed by atoms with van der Waals surface area (Å²) in [7, 11) is 0. The summed E-state index contributed by atoms with van der Waals surface area (Å²) in [5.74, 6) is -0.749. The number of fused-ring (bicyclic) bond motifs is 1. The van der Waals surface area contributed by atoms with Crippen molar-refractivity contribution in [3.63, 3.8) is 0 Å². The molecule has 2 amide bonds. The van der Waals surface area contributed by atoms with E-state index in [-0.39, 0.29) is 18.0 Å². The minimum atomic E-state index is -0.392. The van der Waals surface area contributed by atoms with Crippen LogP contribution in [0.15, 0.2) is 35.1 Å². The van der Waals surface area contributed by atoms with Crippen molar-refractivity contribution < 1.29 is 14.1 Å². The van der Waals surface area contributed by atoms with Crippen LogP contribution in [0.3, 0.4) is 0 Å². The number of nitrogens with two attached hydrogens (primary N) is 1. The van der Waals surface area contributed by atoms with E-state index in [1.54, 1.807) is 24.3 Å². The molecule has 2 N–H and O–H groups in total. The molecule has 0 atom stereocenters. The second kappa shape index (κ2) is 3.69. The summed E-state index contributed by atoms with van der Waals surface area (Å²) >= 11 is 0. The molecule has 6 nitrogen and oxygen atoms in total. The summed E-state index contributed by atoms with van der Waals surface area (Å²) in [4.78, 5) is 25.3. The standard InChI is InChI=1S/C12H9N3O3/c13-9-3-1-2-8-10(9)12(17)15(11(8)16)6-7-4-5-18-14-7/h1-5H,6,13H2. The number of hydrogen-bond donors (Lipinski definition) is 1. The van der Waals surface area contributed by atoms with Crippen LogP contribution in [0.25, 0.3) is 0 Å². The Bertz CT molecular complexity index is 634. The monoisotopic (exact) mass is 243 g/mol. The highest BCUT2D eigenvalue weighted by Gasteiger charge is 2.37. The first kappa shape index (κ1) is 10.5. The van der Waals surface area contributed by atoms with E-state index in [0.29, 0.717) is 16.9 Å². The molecular formula is C12H9N3O3. The molecule has 0 unspecified atom stereocenters. The van der Waals surface area contributed by atoms with Crippen LogP contribution >= 0.6 is 0 Å². The first-order chi connectivity index (χ1) is 8.68. The first-order valence-electron chi connectivity index (χ1n) is 5.32. The molecule has 1 aliphatic heterocycles. The number of benzene rings is 1. The molecule has 1 aromatic carbocycles. The summed E-state index contributed by atoms with van der Waals surface area (Å²) in [6.07, 6.45) is 1.39. The van der Waals surface area contributed by atoms with Crippen molar-refractivity contribution in [2.24, 2.45) is 0 Å². The van der Waals surface area contributed by atoms with Crippen LogP contribution in [0.5, 0.6) is 0 Å². The maximum absolute atomic E-state index is 12.1. The lowest BCUT2D eigenvalue weighted by Gasteiger charge is -2.11. The second-order valence-electron chi connectivity index (χ2n) is 3.96. The van der Waals surface area contributed by atoms with E-state index >= 15 is 0 Å². The van der Waals surface area contributed by atoms with Crippen LogP contribution in [-0.4, -0.2) is 21.9 Å². The molecule has 2 heterocycles. The smallest absolute Gasteiger partial charge is 0.264 e. The van der Waals surface area contributed by atoms with Crippen molar-refractivity contribution in [1.29, 1.82) is 0 Å². The highest BCUT2D eigenvalue weighted by molar-refractivity contribution is 6.23. The molecule has 1 aliphatic rings. The number of carbonyl (C=O) groups is 2. The van der Waals surface area contributed by atoms with Gasteiger partial charge < -0.3 is 10.3 Å². The van der Waals surface area contributed by atoms with E-state index in [9.17, 15) is 9.59 Å². The molecule has 3 rings (SSSR count). The SMILES string of the molecule is Nc1cccc2c1C(=O)N(Cc1ccon1)C2=O. The number of amides is 2. The number of aromatic nitrogens is 1. The molecule has 0 radical (unpaired) electrons. The van der Waals surface area contributed by atoms with Gasteiger partial charge in [-0.25, -0.2) is 0 Å². The van der Waals surface area contributed by atoms with Crippen molar-refractivity contribution in [2.75, 3.05) is 5.73 Å². The van der Waals surface area contributed by atoms with Crippen molar-refractivity contribution in [2.45, 2.75) is 6.54 Å². The zero-order chi connectivity index (χ0) is 12.7. The van der Waals surface area contributed by atoms with E-state index in [2.05, 4.69) is 9.68 Å². The summed E-state index contributed by atoms with van der Waals surface area (Å²) in [6.45, 7) is 0.0856. The molecule has 0 bridgehead atoms. The van der Waals surface area contributed by atoms with Gasteiger partial charge in [0.25, 0.3) is 11.8 Å². The normalized spacial score (nSPS) is 14.1. The summed E-state index contributed by atoms with van der Waals surface area (Å²) < 4.78 is 4.67. The van der Waals surface area contributed by atoms with Crippen LogP contribution in [0.4, 0.5) is 5.69 Å². The predicted octanol–water partition coefficient (Wildman–Crippen LogP) is 1.05. The summed E-state index contributed by atoms with van der Waals surface area (Å²) in [6, 6.07) is 6.45. The molecule has 0 spiro atoms. The predicted molar refractivity (Wildman–Crippen MR) is 61.6 cm³/mol. The lowest BCUT2D eigenvalue weighted by atomic mass is 10.1. The number of imide groups is 1. The minimum Gasteiger partial charge on any atom is -0.398 e. The van der Waals surface area contributed by atoms with Gasteiger partial charge in [-0.2, -0.15) is 0 Å². The van der Waals surface area contributed by atoms with Gasteiger partial charge >= 0.3 is 0 Å². The van der Waals surface area contributed by atoms with E-state index < -0.39 is 5.91 Å². The number of hydrogen-bond acceptors (Lipinski definition) is 5. The highest BCUT2D eigenvalue weighted by atomic mass is 16.5. The van der Waals surface area contributed by atoms with Crippen LogP contribution in [-0.2, 0) is 6.54 Å². The minimum absolute atomic E-state index is 0.0856. The molecule has 1 aromatic heterocycles. The van der Waals surface area contributed by atoms with E-state index in [4.69, 9.17) is 5.73 Å². The molecule has 90 valence electrons. The Balaban J connectivity index is 2.00. The third-order valence-electron chi connectivity index (χ3n) is 2.84. The Labute approximate surface area is 102 Å². The molecule has 18 heavy (non-hydrogen) atoms. The average Bonchev–Trinajstić information content (AvgIpc) is 2.94. The van der Waals surface area contributed by atoms with Gasteiger partial charge in [-0.3, -0.25) is 14.5 Å². The van der Waals surface area contributed by atoms with E-state index in [0.717, 1.165) is 4.90 Å². The van der Waals surface area contributed by atoms with Crippen LogP contribution in [0, 0.1) is 0 Å². The van der Waals surface area contributed by atoms with Gasteiger partial charge in [0.2, 0.25) is 0 Å². The van der Waals surface area contributed by atoms with Gasteiger partial charge in [0.05, 0.1) is 17.7 Å². The van der Waals surface area contributed by atoms with E-state index in [1.807, 2.05) is 0 Å². The van der Waals surface area contributed by atoms with Crippen molar-refractivity contribution in [1.82, 2.24) is 10.1 Å². The molecule has 0 fully saturated rings. The third-order valence-corrected chi connectivity index (χ3v) is 2.84. The summed E-state index contributed by atoms with van der Waals surface area (Å²) in [5.41, 5.74) is 7.16. The molecule has 6 heteroatoms. The number of carbonyl (C=O) groups excluding carboxylic acids is 2. The highest BCUT2D eigenvalue weighted by Crippen LogP contribution is 2.28. The van der Waals surface area contributed by atoms with E-state index in [1.165, 1.54) is 6.26 Å². The Morgan fingerprint density at radius 1 is 1.22 bits per heavy atom. The fourth-order valence-corrected chi connectivity index (χ4v) is 1.98. The summed E-state index contributed by atoms with van der Waals surface area (Å²) in [5, 5.41) is 3.68. The van der Waals surface area contributed by atoms with Gasteiger partial charge in [0.1, 0.15) is 12.0 Å². The molecule has 0 aliphatic carbocycles. The zero-order valence-corrected chi connectivity index (χ0v) is 9.29. The van der Waals surface area contributed by atoms with Gasteiger partial charge in [-0.05, 0) is 12.1 Å². The lowest BCUT2D eigenvalue weighted by molar-refractivity contribution is 0.0639. The number of nitrogens with zero attached hydrogens (tertiary/aromatic N) is 2. The number of anilines is 1. The maximum atomic E-state index is 12.1. The third kappa shape index (κ3) is 1.39. The fraction of sp³-hybridized carbons (Fsp3) is 0.0833. The Hall–Kier alpha value is -2.63. The molecule has 0 saturated heterocycles. The zero-order valence-electron chi connectivity index (χ0n) is 9.29. The Kier molecular flexibility index (Phi) is 2.16. The topological polar surface area (TPSA) is 89.4 Å². The molecular weight excluding hydrogens is 234 g/mol. The van der Waals surface area contributed by atoms with Gasteiger partial charge in [-0.15, -0.1) is 0 Å². The second-order valence-corrected chi connectivity index (χ2v) is 3.96. The number of nitrogen functional groups attached to an aromatic ring is 1. The maximum Gasteiger partial charge on any atom is 0.264 e. The van der Waals surface area contributed by atoms with Crippen molar-refractivity contribution in [3.8, 4) is 0 Å². The Morgan fingerprint density at radius 2 is 2.06 bits per heavy atom. The van der Waals surface area contributed by atoms with Crippen molar-refractivity contribution >= 4 is 17.5 Å². The fourth-order valence-electron chi connectivity index (χ4n) is 1.98. The molecule has 2 aromatic rings. The first-order valence-corrected chi connectivity index (χ1v) is 5.32. The average molecular weight is 243 g/mol. The molecule has 0 saturated carbocycles. The largest absolute Gasteiger partial charge is 0.398 e. The van der Waals surface area contributed by atoms with Crippen LogP contribution < -0.4 is 5.73 Å². The van der Waals surface area contributed by atoms with Gasteiger partial charge in [0, 0.05) is 11.8 Å². The quantitative estimate of drug-likeness (QED) is 0.629. The number of rotatable bonds is 2. The van der Waals surface area contributed by atoms with Gasteiger partial charge in [-0.1, -0.05) is 11.2 Å². The van der Waals surface area contributed by atoms with Crippen molar-refractivity contribution in [3.05, 3.63) is 47.3 Å².